The highest BCUT2D eigenvalue weighted by atomic mass is 16.6. The molecule has 7 nitrogen and oxygen atoms in total. The number of rotatable bonds is 9. The summed E-state index contributed by atoms with van der Waals surface area (Å²) in [6.07, 6.45) is 3.19. The average molecular weight is 419 g/mol. The van der Waals surface area contributed by atoms with Crippen LogP contribution in [0.1, 0.15) is 21.5 Å². The summed E-state index contributed by atoms with van der Waals surface area (Å²) >= 11 is 0. The molecule has 0 radical (unpaired) electrons. The summed E-state index contributed by atoms with van der Waals surface area (Å²) in [5.41, 5.74) is 2.01. The Kier molecular flexibility index (Phi) is 7.01. The first-order chi connectivity index (χ1) is 15.0. The van der Waals surface area contributed by atoms with Crippen molar-refractivity contribution in [3.05, 3.63) is 99.6 Å². The largest absolute Gasteiger partial charge is 0.497 e. The second-order valence-corrected chi connectivity index (χ2v) is 6.54. The second-order valence-electron chi connectivity index (χ2n) is 6.54. The predicted octanol–water partition coefficient (Wildman–Crippen LogP) is 5.09. The molecule has 0 saturated carbocycles. The van der Waals surface area contributed by atoms with E-state index in [-0.39, 0.29) is 18.1 Å². The zero-order chi connectivity index (χ0) is 22.2. The number of hydrogen-bond acceptors (Lipinski definition) is 6. The number of carbonyl (C=O) groups excluding carboxylic acids is 1. The van der Waals surface area contributed by atoms with Crippen LogP contribution in [0.25, 0.3) is 6.08 Å². The van der Waals surface area contributed by atoms with E-state index in [1.807, 2.05) is 12.1 Å². The van der Waals surface area contributed by atoms with Gasteiger partial charge < -0.3 is 14.2 Å². The smallest absolute Gasteiger partial charge is 0.273 e. The molecule has 0 unspecified atom stereocenters. The van der Waals surface area contributed by atoms with Gasteiger partial charge in [0.25, 0.3) is 5.69 Å². The summed E-state index contributed by atoms with van der Waals surface area (Å²) < 4.78 is 16.2. The van der Waals surface area contributed by atoms with Crippen LogP contribution in [0, 0.1) is 10.1 Å². The van der Waals surface area contributed by atoms with Crippen LogP contribution < -0.4 is 14.2 Å². The number of methoxy groups -OCH3 is 2. The molecule has 0 saturated heterocycles. The summed E-state index contributed by atoms with van der Waals surface area (Å²) in [5.74, 6) is 1.46. The normalized spacial score (nSPS) is 10.6. The van der Waals surface area contributed by atoms with E-state index in [1.165, 1.54) is 18.2 Å². The fourth-order valence-corrected chi connectivity index (χ4v) is 2.91. The first-order valence-corrected chi connectivity index (χ1v) is 9.41. The Morgan fingerprint density at radius 1 is 0.968 bits per heavy atom. The number of nitro benzene ring substituents is 1. The Morgan fingerprint density at radius 3 is 2.48 bits per heavy atom. The molecule has 0 heterocycles. The molecule has 0 fully saturated rings. The van der Waals surface area contributed by atoms with Gasteiger partial charge in [-0.1, -0.05) is 30.3 Å². The van der Waals surface area contributed by atoms with Crippen molar-refractivity contribution in [2.45, 2.75) is 6.61 Å². The molecule has 158 valence electrons. The minimum atomic E-state index is -0.474. The van der Waals surface area contributed by atoms with Crippen LogP contribution in [-0.4, -0.2) is 24.9 Å². The second kappa shape index (κ2) is 10.1. The Balaban J connectivity index is 1.75. The van der Waals surface area contributed by atoms with E-state index in [0.29, 0.717) is 22.8 Å². The molecular formula is C24H21NO6. The summed E-state index contributed by atoms with van der Waals surface area (Å²) in [6.45, 7) is 0.149. The number of nitrogens with zero attached hydrogens (tertiary/aromatic N) is 1. The van der Waals surface area contributed by atoms with Gasteiger partial charge in [-0.05, 0) is 42.0 Å². The Bertz CT molecular complexity index is 1120. The SMILES string of the molecule is COc1cccc(C(=O)/C=C/c2ccc(OC)c(COc3cccc([N+](=O)[O-])c3)c2)c1. The zero-order valence-corrected chi connectivity index (χ0v) is 17.1. The molecule has 3 aromatic rings. The van der Waals surface area contributed by atoms with Crippen LogP contribution in [0.4, 0.5) is 5.69 Å². The van der Waals surface area contributed by atoms with Crippen molar-refractivity contribution in [3.8, 4) is 17.2 Å². The molecule has 0 atom stereocenters. The zero-order valence-electron chi connectivity index (χ0n) is 17.1. The van der Waals surface area contributed by atoms with E-state index >= 15 is 0 Å². The minimum absolute atomic E-state index is 0.0443. The number of allylic oxidation sites excluding steroid dienone is 1. The molecule has 0 bridgehead atoms. The molecule has 7 heteroatoms. The van der Waals surface area contributed by atoms with Gasteiger partial charge in [-0.3, -0.25) is 14.9 Å². The van der Waals surface area contributed by atoms with Gasteiger partial charge >= 0.3 is 0 Å². The highest BCUT2D eigenvalue weighted by molar-refractivity contribution is 6.07. The topological polar surface area (TPSA) is 87.9 Å². The molecule has 0 aliphatic carbocycles. The van der Waals surface area contributed by atoms with E-state index < -0.39 is 4.92 Å². The molecule has 3 aromatic carbocycles. The van der Waals surface area contributed by atoms with E-state index in [9.17, 15) is 14.9 Å². The lowest BCUT2D eigenvalue weighted by Crippen LogP contribution is -2.00. The lowest BCUT2D eigenvalue weighted by atomic mass is 10.1. The number of hydrogen-bond donors (Lipinski definition) is 0. The predicted molar refractivity (Wildman–Crippen MR) is 117 cm³/mol. The van der Waals surface area contributed by atoms with Gasteiger partial charge in [0, 0.05) is 17.2 Å². The fraction of sp³-hybridized carbons (Fsp3) is 0.125. The van der Waals surface area contributed by atoms with Gasteiger partial charge in [0.1, 0.15) is 23.9 Å². The molecule has 3 rings (SSSR count). The molecule has 0 aliphatic rings. The Morgan fingerprint density at radius 2 is 1.74 bits per heavy atom. The van der Waals surface area contributed by atoms with Crippen molar-refractivity contribution < 1.29 is 23.9 Å². The van der Waals surface area contributed by atoms with Gasteiger partial charge in [0.05, 0.1) is 25.2 Å². The van der Waals surface area contributed by atoms with E-state index in [4.69, 9.17) is 14.2 Å². The number of carbonyl (C=O) groups is 1. The quantitative estimate of drug-likeness (QED) is 0.208. The van der Waals surface area contributed by atoms with Gasteiger partial charge in [-0.25, -0.2) is 0 Å². The molecular weight excluding hydrogens is 398 g/mol. The Hall–Kier alpha value is -4.13. The molecule has 0 spiro atoms. The van der Waals surface area contributed by atoms with Crippen molar-refractivity contribution in [2.75, 3.05) is 14.2 Å². The van der Waals surface area contributed by atoms with Gasteiger partial charge in [-0.2, -0.15) is 0 Å². The minimum Gasteiger partial charge on any atom is -0.497 e. The molecule has 31 heavy (non-hydrogen) atoms. The van der Waals surface area contributed by atoms with Gasteiger partial charge in [0.2, 0.25) is 0 Å². The lowest BCUT2D eigenvalue weighted by Gasteiger charge is -2.11. The van der Waals surface area contributed by atoms with Crippen molar-refractivity contribution in [1.29, 1.82) is 0 Å². The highest BCUT2D eigenvalue weighted by Gasteiger charge is 2.09. The van der Waals surface area contributed by atoms with Gasteiger partial charge in [-0.15, -0.1) is 0 Å². The monoisotopic (exact) mass is 419 g/mol. The van der Waals surface area contributed by atoms with Crippen molar-refractivity contribution in [1.82, 2.24) is 0 Å². The third-order valence-corrected chi connectivity index (χ3v) is 4.51. The van der Waals surface area contributed by atoms with Crippen LogP contribution in [-0.2, 0) is 6.61 Å². The van der Waals surface area contributed by atoms with Crippen molar-refractivity contribution in [2.24, 2.45) is 0 Å². The number of nitro groups is 1. The third kappa shape index (κ3) is 5.70. The van der Waals surface area contributed by atoms with Crippen LogP contribution in [0.2, 0.25) is 0 Å². The standard InChI is InChI=1S/C24H21NO6/c1-29-21-7-3-5-18(14-21)23(26)11-9-17-10-12-24(30-2)19(13-17)16-31-22-8-4-6-20(15-22)25(27)28/h3-15H,16H2,1-2H3/b11-9+. The lowest BCUT2D eigenvalue weighted by molar-refractivity contribution is -0.384. The highest BCUT2D eigenvalue weighted by Crippen LogP contribution is 2.25. The molecule has 0 aromatic heterocycles. The first-order valence-electron chi connectivity index (χ1n) is 9.41. The van der Waals surface area contributed by atoms with Gasteiger partial charge in [0.15, 0.2) is 5.78 Å². The van der Waals surface area contributed by atoms with Crippen LogP contribution in [0.15, 0.2) is 72.8 Å². The Labute approximate surface area is 179 Å². The number of benzene rings is 3. The number of ether oxygens (including phenoxy) is 3. The third-order valence-electron chi connectivity index (χ3n) is 4.51. The maximum Gasteiger partial charge on any atom is 0.273 e. The average Bonchev–Trinajstić information content (AvgIpc) is 2.81. The van der Waals surface area contributed by atoms with Crippen molar-refractivity contribution >= 4 is 17.5 Å². The van der Waals surface area contributed by atoms with Crippen molar-refractivity contribution in [3.63, 3.8) is 0 Å². The van der Waals surface area contributed by atoms with E-state index in [0.717, 1.165) is 11.1 Å². The molecule has 0 N–H and O–H groups in total. The summed E-state index contributed by atoms with van der Waals surface area (Å²) in [7, 11) is 3.10. The van der Waals surface area contributed by atoms with Crippen LogP contribution in [0.5, 0.6) is 17.2 Å². The number of ketones is 1. The molecule has 0 aliphatic heterocycles. The number of non-ortho nitro benzene ring substituents is 1. The van der Waals surface area contributed by atoms with E-state index in [2.05, 4.69) is 0 Å². The van der Waals surface area contributed by atoms with E-state index in [1.54, 1.807) is 62.8 Å². The summed E-state index contributed by atoms with van der Waals surface area (Å²) in [5, 5.41) is 10.9. The summed E-state index contributed by atoms with van der Waals surface area (Å²) in [4.78, 5) is 22.9. The molecule has 0 amide bonds. The fourth-order valence-electron chi connectivity index (χ4n) is 2.91. The van der Waals surface area contributed by atoms with Crippen LogP contribution in [0.3, 0.4) is 0 Å². The van der Waals surface area contributed by atoms with Crippen LogP contribution >= 0.6 is 0 Å². The maximum atomic E-state index is 12.4. The maximum absolute atomic E-state index is 12.4. The first kappa shape index (κ1) is 21.6. The summed E-state index contributed by atoms with van der Waals surface area (Å²) in [6, 6.07) is 18.4.